The predicted molar refractivity (Wildman–Crippen MR) is 70.6 cm³/mol. The summed E-state index contributed by atoms with van der Waals surface area (Å²) in [6.45, 7) is 1.11. The van der Waals surface area contributed by atoms with Gasteiger partial charge in [-0.25, -0.2) is 0 Å². The Balaban J connectivity index is 1.70. The van der Waals surface area contributed by atoms with Crippen LogP contribution in [0.1, 0.15) is 5.56 Å². The molecular formula is C13H13NO3S. The molecule has 0 N–H and O–H groups in total. The number of ether oxygens (including phenoxy) is 2. The van der Waals surface area contributed by atoms with E-state index in [1.54, 1.807) is 17.8 Å². The highest BCUT2D eigenvalue weighted by Gasteiger charge is 2.16. The van der Waals surface area contributed by atoms with Crippen molar-refractivity contribution < 1.29 is 14.3 Å². The van der Waals surface area contributed by atoms with Crippen LogP contribution in [0.4, 0.5) is 0 Å². The van der Waals surface area contributed by atoms with Gasteiger partial charge in [0.1, 0.15) is 0 Å². The Morgan fingerprint density at radius 2 is 2.22 bits per heavy atom. The van der Waals surface area contributed by atoms with E-state index in [1.165, 1.54) is 0 Å². The second-order valence-corrected chi connectivity index (χ2v) is 5.16. The van der Waals surface area contributed by atoms with E-state index in [1.807, 2.05) is 29.2 Å². The van der Waals surface area contributed by atoms with Gasteiger partial charge < -0.3 is 14.4 Å². The monoisotopic (exact) mass is 263 g/mol. The molecule has 0 saturated carbocycles. The van der Waals surface area contributed by atoms with Gasteiger partial charge in [-0.2, -0.15) is 0 Å². The average Bonchev–Trinajstić information content (AvgIpc) is 3.05. The Morgan fingerprint density at radius 1 is 1.33 bits per heavy atom. The van der Waals surface area contributed by atoms with E-state index in [2.05, 4.69) is 0 Å². The van der Waals surface area contributed by atoms with Crippen LogP contribution < -0.4 is 9.47 Å². The lowest BCUT2D eigenvalue weighted by Crippen LogP contribution is -2.25. The minimum atomic E-state index is 0.0673. The van der Waals surface area contributed by atoms with Crippen LogP contribution in [0.3, 0.4) is 0 Å². The van der Waals surface area contributed by atoms with E-state index in [9.17, 15) is 4.79 Å². The SMILES string of the molecule is O=C(/C=C/c1ccc2c(c1)OCO2)N1CCSC1. The summed E-state index contributed by atoms with van der Waals surface area (Å²) in [4.78, 5) is 13.7. The third-order valence-corrected chi connectivity index (χ3v) is 3.84. The van der Waals surface area contributed by atoms with Crippen LogP contribution in [0.5, 0.6) is 11.5 Å². The van der Waals surface area contributed by atoms with Gasteiger partial charge in [-0.05, 0) is 23.8 Å². The summed E-state index contributed by atoms with van der Waals surface area (Å²) in [6, 6.07) is 5.65. The Hall–Kier alpha value is -1.62. The van der Waals surface area contributed by atoms with E-state index in [0.29, 0.717) is 0 Å². The third-order valence-electron chi connectivity index (χ3n) is 2.88. The first-order chi connectivity index (χ1) is 8.83. The van der Waals surface area contributed by atoms with Gasteiger partial charge in [0, 0.05) is 18.4 Å². The van der Waals surface area contributed by atoms with Gasteiger partial charge in [0.15, 0.2) is 11.5 Å². The topological polar surface area (TPSA) is 38.8 Å². The number of carbonyl (C=O) groups is 1. The van der Waals surface area contributed by atoms with Crippen LogP contribution in [0.25, 0.3) is 6.08 Å². The number of fused-ring (bicyclic) bond motifs is 1. The van der Waals surface area contributed by atoms with Crippen molar-refractivity contribution in [2.45, 2.75) is 0 Å². The fourth-order valence-corrected chi connectivity index (χ4v) is 2.83. The largest absolute Gasteiger partial charge is 0.454 e. The highest BCUT2D eigenvalue weighted by molar-refractivity contribution is 7.99. The van der Waals surface area contributed by atoms with Crippen LogP contribution in [-0.2, 0) is 4.79 Å². The molecule has 5 heteroatoms. The number of carbonyl (C=O) groups excluding carboxylic acids is 1. The molecule has 0 aliphatic carbocycles. The highest BCUT2D eigenvalue weighted by atomic mass is 32.2. The zero-order valence-corrected chi connectivity index (χ0v) is 10.6. The Kier molecular flexibility index (Phi) is 3.15. The molecule has 0 aromatic heterocycles. The maximum atomic E-state index is 11.8. The van der Waals surface area contributed by atoms with E-state index in [4.69, 9.17) is 9.47 Å². The second-order valence-electron chi connectivity index (χ2n) is 4.09. The summed E-state index contributed by atoms with van der Waals surface area (Å²) in [7, 11) is 0. The summed E-state index contributed by atoms with van der Waals surface area (Å²) in [5.41, 5.74) is 0.944. The molecule has 2 aliphatic rings. The van der Waals surface area contributed by atoms with Gasteiger partial charge in [0.2, 0.25) is 12.7 Å². The molecule has 1 aromatic rings. The van der Waals surface area contributed by atoms with Crippen molar-refractivity contribution in [3.05, 3.63) is 29.8 Å². The van der Waals surface area contributed by atoms with E-state index in [-0.39, 0.29) is 12.7 Å². The molecule has 18 heavy (non-hydrogen) atoms. The van der Waals surface area contributed by atoms with Crippen molar-refractivity contribution in [2.24, 2.45) is 0 Å². The van der Waals surface area contributed by atoms with Crippen molar-refractivity contribution >= 4 is 23.7 Å². The van der Waals surface area contributed by atoms with Crippen molar-refractivity contribution in [1.29, 1.82) is 0 Å². The number of thioether (sulfide) groups is 1. The zero-order chi connectivity index (χ0) is 12.4. The number of amides is 1. The third kappa shape index (κ3) is 2.31. The quantitative estimate of drug-likeness (QED) is 0.765. The first kappa shape index (κ1) is 11.5. The first-order valence-corrected chi connectivity index (χ1v) is 6.93. The number of rotatable bonds is 2. The van der Waals surface area contributed by atoms with Gasteiger partial charge in [0.25, 0.3) is 0 Å². The lowest BCUT2D eigenvalue weighted by molar-refractivity contribution is -0.124. The number of nitrogens with zero attached hydrogens (tertiary/aromatic N) is 1. The van der Waals surface area contributed by atoms with Gasteiger partial charge >= 0.3 is 0 Å². The minimum Gasteiger partial charge on any atom is -0.454 e. The summed E-state index contributed by atoms with van der Waals surface area (Å²) in [5, 5.41) is 0. The lowest BCUT2D eigenvalue weighted by atomic mass is 10.2. The summed E-state index contributed by atoms with van der Waals surface area (Å²) in [6.07, 6.45) is 3.43. The van der Waals surface area contributed by atoms with E-state index in [0.717, 1.165) is 35.2 Å². The average molecular weight is 263 g/mol. The fourth-order valence-electron chi connectivity index (χ4n) is 1.88. The Labute approximate surface area is 110 Å². The molecule has 2 aliphatic heterocycles. The molecule has 0 unspecified atom stereocenters. The summed E-state index contributed by atoms with van der Waals surface area (Å²) < 4.78 is 10.5. The molecule has 4 nitrogen and oxygen atoms in total. The molecule has 3 rings (SSSR count). The molecule has 0 atom stereocenters. The number of hydrogen-bond donors (Lipinski definition) is 0. The van der Waals surface area contributed by atoms with Gasteiger partial charge in [0.05, 0.1) is 5.88 Å². The van der Waals surface area contributed by atoms with Crippen molar-refractivity contribution in [3.8, 4) is 11.5 Å². The molecule has 1 saturated heterocycles. The fraction of sp³-hybridized carbons (Fsp3) is 0.308. The summed E-state index contributed by atoms with van der Waals surface area (Å²) in [5.74, 6) is 3.39. The second kappa shape index (κ2) is 4.94. The summed E-state index contributed by atoms with van der Waals surface area (Å²) >= 11 is 1.78. The highest BCUT2D eigenvalue weighted by Crippen LogP contribution is 2.32. The number of benzene rings is 1. The number of hydrogen-bond acceptors (Lipinski definition) is 4. The van der Waals surface area contributed by atoms with Gasteiger partial charge in [-0.15, -0.1) is 11.8 Å². The smallest absolute Gasteiger partial charge is 0.247 e. The molecule has 0 bridgehead atoms. The standard InChI is InChI=1S/C13H13NO3S/c15-13(14-5-6-18-8-14)4-2-10-1-3-11-12(7-10)17-9-16-11/h1-4,7H,5-6,8-9H2/b4-2+. The van der Waals surface area contributed by atoms with Crippen molar-refractivity contribution in [1.82, 2.24) is 4.90 Å². The van der Waals surface area contributed by atoms with Gasteiger partial charge in [-0.1, -0.05) is 6.07 Å². The van der Waals surface area contributed by atoms with Crippen LogP contribution in [-0.4, -0.2) is 35.8 Å². The van der Waals surface area contributed by atoms with E-state index >= 15 is 0 Å². The van der Waals surface area contributed by atoms with Crippen molar-refractivity contribution in [2.75, 3.05) is 25.0 Å². The molecular weight excluding hydrogens is 250 g/mol. The predicted octanol–water partition coefficient (Wildman–Crippen LogP) is 1.96. The maximum Gasteiger partial charge on any atom is 0.247 e. The molecule has 2 heterocycles. The van der Waals surface area contributed by atoms with Crippen LogP contribution >= 0.6 is 11.8 Å². The minimum absolute atomic E-state index is 0.0673. The molecule has 0 radical (unpaired) electrons. The van der Waals surface area contributed by atoms with Crippen LogP contribution in [0.15, 0.2) is 24.3 Å². The molecule has 1 fully saturated rings. The maximum absolute atomic E-state index is 11.8. The van der Waals surface area contributed by atoms with Gasteiger partial charge in [-0.3, -0.25) is 4.79 Å². The first-order valence-electron chi connectivity index (χ1n) is 5.77. The molecule has 0 spiro atoms. The van der Waals surface area contributed by atoms with Crippen LogP contribution in [0, 0.1) is 0 Å². The normalized spacial score (nSPS) is 17.7. The van der Waals surface area contributed by atoms with Crippen LogP contribution in [0.2, 0.25) is 0 Å². The zero-order valence-electron chi connectivity index (χ0n) is 9.80. The molecule has 94 valence electrons. The molecule has 1 amide bonds. The van der Waals surface area contributed by atoms with E-state index < -0.39 is 0 Å². The Morgan fingerprint density at radius 3 is 3.06 bits per heavy atom. The lowest BCUT2D eigenvalue weighted by Gasteiger charge is -2.10. The van der Waals surface area contributed by atoms with Crippen molar-refractivity contribution in [3.63, 3.8) is 0 Å². The Bertz CT molecular complexity index is 495. The molecule has 1 aromatic carbocycles.